The Morgan fingerprint density at radius 3 is 2.60 bits per heavy atom. The van der Waals surface area contributed by atoms with Crippen LogP contribution in [0, 0.1) is 0 Å². The molecular weight excluding hydrogens is 146 g/mol. The van der Waals surface area contributed by atoms with Crippen molar-refractivity contribution in [3.63, 3.8) is 0 Å². The van der Waals surface area contributed by atoms with Gasteiger partial charge in [0.2, 0.25) is 0 Å². The lowest BCUT2D eigenvalue weighted by molar-refractivity contribution is 0.606. The Morgan fingerprint density at radius 2 is 2.20 bits per heavy atom. The third-order valence-electron chi connectivity index (χ3n) is 1.35. The first-order valence-corrected chi connectivity index (χ1v) is 3.98. The summed E-state index contributed by atoms with van der Waals surface area (Å²) in [6.45, 7) is 2.17. The molecule has 0 saturated carbocycles. The molecule has 0 bridgehead atoms. The van der Waals surface area contributed by atoms with Crippen molar-refractivity contribution >= 4 is 18.8 Å². The molecule has 0 heterocycles. The fourth-order valence-corrected chi connectivity index (χ4v) is 0.897. The van der Waals surface area contributed by atoms with Crippen molar-refractivity contribution in [2.24, 2.45) is 4.99 Å². The molecular formula is C7H15NOS. The van der Waals surface area contributed by atoms with E-state index in [0.29, 0.717) is 0 Å². The highest BCUT2D eigenvalue weighted by molar-refractivity contribution is 7.75. The van der Waals surface area contributed by atoms with Crippen LogP contribution in [0.4, 0.5) is 0 Å². The summed E-state index contributed by atoms with van der Waals surface area (Å²) >= 11 is 3.67. The number of hydrogen-bond donors (Lipinski definition) is 1. The van der Waals surface area contributed by atoms with Crippen molar-refractivity contribution in [3.05, 3.63) is 0 Å². The molecule has 0 aromatic rings. The second-order valence-corrected chi connectivity index (χ2v) is 2.35. The number of nitrogens with zero attached hydrogens (tertiary/aromatic N) is 1. The van der Waals surface area contributed by atoms with Gasteiger partial charge in [0.15, 0.2) is 5.90 Å². The van der Waals surface area contributed by atoms with Crippen LogP contribution in [0.15, 0.2) is 4.99 Å². The Bertz CT molecular complexity index is 104. The Balaban J connectivity index is 3.27. The molecule has 0 spiro atoms. The minimum absolute atomic E-state index is 0.733. The maximum Gasteiger partial charge on any atom is 0.198 e. The van der Waals surface area contributed by atoms with Gasteiger partial charge in [-0.3, -0.25) is 4.99 Å². The SMILES string of the molecule is CCCCCC(=NC)OS. The average molecular weight is 161 g/mol. The van der Waals surface area contributed by atoms with Crippen molar-refractivity contribution in [2.75, 3.05) is 7.05 Å². The number of thiol groups is 1. The van der Waals surface area contributed by atoms with Gasteiger partial charge in [-0.15, -0.1) is 0 Å². The van der Waals surface area contributed by atoms with Crippen molar-refractivity contribution in [2.45, 2.75) is 32.6 Å². The highest BCUT2D eigenvalue weighted by Crippen LogP contribution is 2.02. The monoisotopic (exact) mass is 161 g/mol. The molecule has 0 fully saturated rings. The predicted molar refractivity (Wildman–Crippen MR) is 47.6 cm³/mol. The average Bonchev–Trinajstić information content (AvgIpc) is 1.99. The molecule has 0 amide bonds. The van der Waals surface area contributed by atoms with E-state index >= 15 is 0 Å². The normalized spacial score (nSPS) is 11.7. The van der Waals surface area contributed by atoms with Gasteiger partial charge >= 0.3 is 0 Å². The van der Waals surface area contributed by atoms with Gasteiger partial charge < -0.3 is 4.18 Å². The van der Waals surface area contributed by atoms with Gasteiger partial charge in [-0.2, -0.15) is 0 Å². The third kappa shape index (κ3) is 4.68. The van der Waals surface area contributed by atoms with Crippen molar-refractivity contribution < 1.29 is 4.18 Å². The highest BCUT2D eigenvalue weighted by atomic mass is 32.1. The second-order valence-electron chi connectivity index (χ2n) is 2.17. The summed E-state index contributed by atoms with van der Waals surface area (Å²) in [5.74, 6) is 0.733. The first-order chi connectivity index (χ1) is 4.85. The molecule has 2 nitrogen and oxygen atoms in total. The Morgan fingerprint density at radius 1 is 1.50 bits per heavy atom. The van der Waals surface area contributed by atoms with Crippen LogP contribution in [0.1, 0.15) is 32.6 Å². The van der Waals surface area contributed by atoms with Gasteiger partial charge in [0.1, 0.15) is 0 Å². The molecule has 3 heteroatoms. The molecule has 0 aliphatic rings. The van der Waals surface area contributed by atoms with Gasteiger partial charge in [0.25, 0.3) is 0 Å². The standard InChI is InChI=1S/C7H15NOS/c1-3-4-5-6-7(8-2)9-10/h10H,3-6H2,1-2H3. The Hall–Kier alpha value is -0.180. The quantitative estimate of drug-likeness (QED) is 0.221. The van der Waals surface area contributed by atoms with E-state index in [0.717, 1.165) is 18.7 Å². The van der Waals surface area contributed by atoms with E-state index < -0.39 is 0 Å². The lowest BCUT2D eigenvalue weighted by atomic mass is 10.2. The summed E-state index contributed by atoms with van der Waals surface area (Å²) in [7, 11) is 1.72. The van der Waals surface area contributed by atoms with Crippen LogP contribution in [-0.2, 0) is 4.18 Å². The summed E-state index contributed by atoms with van der Waals surface area (Å²) in [6.07, 6.45) is 4.51. The fourth-order valence-electron chi connectivity index (χ4n) is 0.724. The molecule has 0 aromatic carbocycles. The van der Waals surface area contributed by atoms with Crippen LogP contribution >= 0.6 is 12.9 Å². The van der Waals surface area contributed by atoms with Gasteiger partial charge in [-0.25, -0.2) is 0 Å². The highest BCUT2D eigenvalue weighted by Gasteiger charge is 1.95. The van der Waals surface area contributed by atoms with Crippen LogP contribution in [0.5, 0.6) is 0 Å². The van der Waals surface area contributed by atoms with Crippen molar-refractivity contribution in [1.29, 1.82) is 0 Å². The molecule has 0 saturated heterocycles. The van der Waals surface area contributed by atoms with E-state index in [2.05, 4.69) is 24.8 Å². The maximum atomic E-state index is 4.69. The molecule has 0 radical (unpaired) electrons. The number of unbranched alkanes of at least 4 members (excludes halogenated alkanes) is 2. The van der Waals surface area contributed by atoms with Crippen LogP contribution in [0.25, 0.3) is 0 Å². The maximum absolute atomic E-state index is 4.69. The third-order valence-corrected chi connectivity index (χ3v) is 1.56. The molecule has 10 heavy (non-hydrogen) atoms. The zero-order valence-electron chi connectivity index (χ0n) is 6.63. The van der Waals surface area contributed by atoms with E-state index in [9.17, 15) is 0 Å². The van der Waals surface area contributed by atoms with Crippen LogP contribution in [0.2, 0.25) is 0 Å². The molecule has 0 unspecified atom stereocenters. The zero-order chi connectivity index (χ0) is 7.82. The van der Waals surface area contributed by atoms with E-state index in [1.54, 1.807) is 7.05 Å². The van der Waals surface area contributed by atoms with Gasteiger partial charge in [0.05, 0.1) is 0 Å². The molecule has 0 aliphatic carbocycles. The van der Waals surface area contributed by atoms with Crippen LogP contribution in [0.3, 0.4) is 0 Å². The molecule has 0 N–H and O–H groups in total. The number of rotatable bonds is 4. The summed E-state index contributed by atoms with van der Waals surface area (Å²) in [5.41, 5.74) is 0. The van der Waals surface area contributed by atoms with Crippen molar-refractivity contribution in [3.8, 4) is 0 Å². The van der Waals surface area contributed by atoms with Gasteiger partial charge in [0, 0.05) is 26.4 Å². The summed E-state index contributed by atoms with van der Waals surface area (Å²) in [6, 6.07) is 0. The molecule has 0 rings (SSSR count). The first-order valence-electron chi connectivity index (χ1n) is 3.62. The van der Waals surface area contributed by atoms with Crippen LogP contribution in [-0.4, -0.2) is 12.9 Å². The molecule has 0 atom stereocenters. The van der Waals surface area contributed by atoms with Gasteiger partial charge in [-0.1, -0.05) is 19.8 Å². The number of aliphatic imine (C=N–C) groups is 1. The lowest BCUT2D eigenvalue weighted by Gasteiger charge is -1.99. The minimum Gasteiger partial charge on any atom is -0.414 e. The summed E-state index contributed by atoms with van der Waals surface area (Å²) in [5, 5.41) is 0. The van der Waals surface area contributed by atoms with E-state index in [-0.39, 0.29) is 0 Å². The van der Waals surface area contributed by atoms with Crippen LogP contribution < -0.4 is 0 Å². The molecule has 0 aliphatic heterocycles. The lowest BCUT2D eigenvalue weighted by Crippen LogP contribution is -1.96. The zero-order valence-corrected chi connectivity index (χ0v) is 7.53. The Labute approximate surface area is 68.3 Å². The summed E-state index contributed by atoms with van der Waals surface area (Å²) < 4.78 is 4.69. The molecule has 60 valence electrons. The smallest absolute Gasteiger partial charge is 0.198 e. The minimum atomic E-state index is 0.733. The van der Waals surface area contributed by atoms with E-state index in [1.807, 2.05) is 0 Å². The largest absolute Gasteiger partial charge is 0.414 e. The van der Waals surface area contributed by atoms with Crippen molar-refractivity contribution in [1.82, 2.24) is 0 Å². The van der Waals surface area contributed by atoms with E-state index in [1.165, 1.54) is 12.8 Å². The Kier molecular flexibility index (Phi) is 6.81. The summed E-state index contributed by atoms with van der Waals surface area (Å²) in [4.78, 5) is 3.90. The van der Waals surface area contributed by atoms with Gasteiger partial charge in [-0.05, 0) is 6.42 Å². The first kappa shape index (κ1) is 9.82. The topological polar surface area (TPSA) is 21.6 Å². The second kappa shape index (κ2) is 6.93. The number of hydrogen-bond acceptors (Lipinski definition) is 3. The van der Waals surface area contributed by atoms with E-state index in [4.69, 9.17) is 4.18 Å². The molecule has 0 aromatic heterocycles. The predicted octanol–water partition coefficient (Wildman–Crippen LogP) is 2.46. The fraction of sp³-hybridized carbons (Fsp3) is 0.857.